The van der Waals surface area contributed by atoms with Crippen molar-refractivity contribution in [2.45, 2.75) is 25.4 Å². The van der Waals surface area contributed by atoms with Crippen LogP contribution in [0.4, 0.5) is 4.39 Å². The van der Waals surface area contributed by atoms with Crippen molar-refractivity contribution in [3.05, 3.63) is 71.0 Å². The number of aliphatic hydroxyl groups is 1. The van der Waals surface area contributed by atoms with Gasteiger partial charge in [0.15, 0.2) is 0 Å². The van der Waals surface area contributed by atoms with Gasteiger partial charge in [-0.2, -0.15) is 5.26 Å². The summed E-state index contributed by atoms with van der Waals surface area (Å²) < 4.78 is 13.9. The van der Waals surface area contributed by atoms with Crippen LogP contribution in [-0.2, 0) is 12.1 Å². The number of nitrogens with zero attached hydrogens (tertiary/aromatic N) is 1. The Morgan fingerprint density at radius 3 is 2.55 bits per heavy atom. The first-order chi connectivity index (χ1) is 10.6. The van der Waals surface area contributed by atoms with E-state index in [0.717, 1.165) is 5.56 Å². The van der Waals surface area contributed by atoms with E-state index in [1.165, 1.54) is 18.2 Å². The first-order valence-corrected chi connectivity index (χ1v) is 7.25. The van der Waals surface area contributed by atoms with Crippen LogP contribution < -0.4 is 5.32 Å². The monoisotopic (exact) mass is 298 g/mol. The molecule has 2 aromatic carbocycles. The molecule has 0 amide bonds. The standard InChI is InChI=1S/C18H19FN2O/c1-2-18(13-22,16-6-4-3-5-7-16)21-12-15-10-14(11-20)8-9-17(15)19/h3-10,21-22H,2,12-13H2,1H3/t18-/m1/s1. The van der Waals surface area contributed by atoms with Gasteiger partial charge in [0.2, 0.25) is 0 Å². The smallest absolute Gasteiger partial charge is 0.127 e. The number of halogens is 1. The third-order valence-corrected chi connectivity index (χ3v) is 3.99. The van der Waals surface area contributed by atoms with Gasteiger partial charge in [-0.15, -0.1) is 0 Å². The second-order valence-electron chi connectivity index (χ2n) is 5.23. The molecule has 1 atom stereocenters. The summed E-state index contributed by atoms with van der Waals surface area (Å²) in [6, 6.07) is 15.9. The van der Waals surface area contributed by atoms with Crippen molar-refractivity contribution in [3.8, 4) is 6.07 Å². The highest BCUT2D eigenvalue weighted by molar-refractivity contribution is 5.34. The first kappa shape index (κ1) is 16.2. The molecule has 0 heterocycles. The number of nitriles is 1. The molecule has 0 spiro atoms. The summed E-state index contributed by atoms with van der Waals surface area (Å²) in [6.45, 7) is 2.12. The Kier molecular flexibility index (Phi) is 5.26. The predicted molar refractivity (Wildman–Crippen MR) is 83.5 cm³/mol. The van der Waals surface area contributed by atoms with Crippen LogP contribution in [0.15, 0.2) is 48.5 Å². The highest BCUT2D eigenvalue weighted by Gasteiger charge is 2.29. The zero-order chi connectivity index (χ0) is 16.0. The van der Waals surface area contributed by atoms with E-state index in [9.17, 15) is 9.50 Å². The lowest BCUT2D eigenvalue weighted by Crippen LogP contribution is -2.44. The molecule has 0 saturated carbocycles. The molecule has 4 heteroatoms. The van der Waals surface area contributed by atoms with Crippen LogP contribution in [0.25, 0.3) is 0 Å². The molecule has 0 unspecified atom stereocenters. The van der Waals surface area contributed by atoms with Crippen molar-refractivity contribution in [1.82, 2.24) is 5.32 Å². The second-order valence-corrected chi connectivity index (χ2v) is 5.23. The van der Waals surface area contributed by atoms with E-state index in [4.69, 9.17) is 5.26 Å². The Morgan fingerprint density at radius 2 is 1.95 bits per heavy atom. The first-order valence-electron chi connectivity index (χ1n) is 7.25. The number of rotatable bonds is 6. The van der Waals surface area contributed by atoms with Gasteiger partial charge in [0, 0.05) is 12.1 Å². The van der Waals surface area contributed by atoms with Gasteiger partial charge in [-0.05, 0) is 30.2 Å². The topological polar surface area (TPSA) is 56.0 Å². The van der Waals surface area contributed by atoms with Crippen molar-refractivity contribution in [1.29, 1.82) is 5.26 Å². The molecule has 0 aliphatic rings. The number of benzene rings is 2. The second kappa shape index (κ2) is 7.17. The van der Waals surface area contributed by atoms with E-state index in [-0.39, 0.29) is 19.0 Å². The Balaban J connectivity index is 2.25. The average Bonchev–Trinajstić information content (AvgIpc) is 2.58. The lowest BCUT2D eigenvalue weighted by Gasteiger charge is -2.33. The van der Waals surface area contributed by atoms with Crippen molar-refractivity contribution >= 4 is 0 Å². The quantitative estimate of drug-likeness (QED) is 0.861. The molecule has 0 bridgehead atoms. The van der Waals surface area contributed by atoms with E-state index >= 15 is 0 Å². The summed E-state index contributed by atoms with van der Waals surface area (Å²) in [5, 5.41) is 22.0. The largest absolute Gasteiger partial charge is 0.394 e. The maximum Gasteiger partial charge on any atom is 0.127 e. The van der Waals surface area contributed by atoms with Gasteiger partial charge in [0.05, 0.1) is 23.8 Å². The minimum absolute atomic E-state index is 0.0902. The molecule has 0 aromatic heterocycles. The zero-order valence-corrected chi connectivity index (χ0v) is 12.5. The average molecular weight is 298 g/mol. The number of aliphatic hydroxyl groups excluding tert-OH is 1. The molecule has 2 N–H and O–H groups in total. The molecule has 2 rings (SSSR count). The van der Waals surface area contributed by atoms with Gasteiger partial charge in [0.25, 0.3) is 0 Å². The summed E-state index contributed by atoms with van der Waals surface area (Å²) in [4.78, 5) is 0. The number of hydrogen-bond donors (Lipinski definition) is 2. The summed E-state index contributed by atoms with van der Waals surface area (Å²) >= 11 is 0. The molecule has 0 aliphatic carbocycles. The normalized spacial score (nSPS) is 13.4. The van der Waals surface area contributed by atoms with E-state index in [2.05, 4.69) is 5.32 Å². The molecular formula is C18H19FN2O. The van der Waals surface area contributed by atoms with E-state index in [0.29, 0.717) is 17.5 Å². The van der Waals surface area contributed by atoms with Crippen LogP contribution in [0.2, 0.25) is 0 Å². The van der Waals surface area contributed by atoms with Crippen LogP contribution >= 0.6 is 0 Å². The fourth-order valence-corrected chi connectivity index (χ4v) is 2.49. The summed E-state index contributed by atoms with van der Waals surface area (Å²) in [5.74, 6) is -0.359. The van der Waals surface area contributed by atoms with Crippen LogP contribution in [0.1, 0.15) is 30.0 Å². The van der Waals surface area contributed by atoms with Crippen LogP contribution in [0.5, 0.6) is 0 Å². The SMILES string of the molecule is CC[C@](CO)(NCc1cc(C#N)ccc1F)c1ccccc1. The summed E-state index contributed by atoms with van der Waals surface area (Å²) in [7, 11) is 0. The maximum atomic E-state index is 13.9. The van der Waals surface area contributed by atoms with Crippen molar-refractivity contribution in [3.63, 3.8) is 0 Å². The van der Waals surface area contributed by atoms with Crippen LogP contribution in [0.3, 0.4) is 0 Å². The van der Waals surface area contributed by atoms with E-state index in [1.807, 2.05) is 43.3 Å². The fraction of sp³-hybridized carbons (Fsp3) is 0.278. The minimum atomic E-state index is -0.629. The molecule has 3 nitrogen and oxygen atoms in total. The lowest BCUT2D eigenvalue weighted by molar-refractivity contribution is 0.153. The number of hydrogen-bond acceptors (Lipinski definition) is 3. The molecule has 114 valence electrons. The van der Waals surface area contributed by atoms with Crippen molar-refractivity contribution in [2.24, 2.45) is 0 Å². The third-order valence-electron chi connectivity index (χ3n) is 3.99. The molecule has 22 heavy (non-hydrogen) atoms. The summed E-state index contributed by atoms with van der Waals surface area (Å²) in [5.41, 5.74) is 1.16. The van der Waals surface area contributed by atoms with Crippen molar-refractivity contribution < 1.29 is 9.50 Å². The zero-order valence-electron chi connectivity index (χ0n) is 12.5. The van der Waals surface area contributed by atoms with Gasteiger partial charge in [-0.25, -0.2) is 4.39 Å². The van der Waals surface area contributed by atoms with Crippen LogP contribution in [-0.4, -0.2) is 11.7 Å². The van der Waals surface area contributed by atoms with E-state index < -0.39 is 5.54 Å². The highest BCUT2D eigenvalue weighted by Crippen LogP contribution is 2.25. The Morgan fingerprint density at radius 1 is 1.23 bits per heavy atom. The maximum absolute atomic E-state index is 13.9. The lowest BCUT2D eigenvalue weighted by atomic mass is 9.87. The molecule has 0 radical (unpaired) electrons. The van der Waals surface area contributed by atoms with E-state index in [1.54, 1.807) is 0 Å². The third kappa shape index (κ3) is 3.33. The molecule has 0 aliphatic heterocycles. The van der Waals surface area contributed by atoms with Gasteiger partial charge in [0.1, 0.15) is 5.82 Å². The predicted octanol–water partition coefficient (Wildman–Crippen LogP) is 3.08. The Hall–Kier alpha value is -2.22. The Labute approximate surface area is 130 Å². The van der Waals surface area contributed by atoms with Gasteiger partial charge in [-0.3, -0.25) is 0 Å². The Bertz CT molecular complexity index is 661. The molecule has 2 aromatic rings. The molecular weight excluding hydrogens is 279 g/mol. The van der Waals surface area contributed by atoms with Gasteiger partial charge < -0.3 is 10.4 Å². The van der Waals surface area contributed by atoms with Gasteiger partial charge in [-0.1, -0.05) is 37.3 Å². The number of nitrogens with one attached hydrogen (secondary N) is 1. The van der Waals surface area contributed by atoms with Crippen LogP contribution in [0, 0.1) is 17.1 Å². The fourth-order valence-electron chi connectivity index (χ4n) is 2.49. The molecule has 0 saturated heterocycles. The van der Waals surface area contributed by atoms with Crippen molar-refractivity contribution in [2.75, 3.05) is 6.61 Å². The van der Waals surface area contributed by atoms with Gasteiger partial charge >= 0.3 is 0 Å². The summed E-state index contributed by atoms with van der Waals surface area (Å²) in [6.07, 6.45) is 0.660. The highest BCUT2D eigenvalue weighted by atomic mass is 19.1. The minimum Gasteiger partial charge on any atom is -0.394 e. The molecule has 0 fully saturated rings.